The van der Waals surface area contributed by atoms with Gasteiger partial charge in [0.1, 0.15) is 0 Å². The molecule has 0 atom stereocenters. The molecule has 2 rings (SSSR count). The molecule has 0 spiro atoms. The zero-order chi connectivity index (χ0) is 16.8. The number of hydrogen-bond acceptors (Lipinski definition) is 3. The summed E-state index contributed by atoms with van der Waals surface area (Å²) in [5.41, 5.74) is 1.72. The van der Waals surface area contributed by atoms with Crippen molar-refractivity contribution in [3.63, 3.8) is 0 Å². The van der Waals surface area contributed by atoms with Crippen LogP contribution in [0.3, 0.4) is 0 Å². The Labute approximate surface area is 144 Å². The summed E-state index contributed by atoms with van der Waals surface area (Å²) in [4.78, 5) is 23.6. The van der Waals surface area contributed by atoms with Gasteiger partial charge in [-0.25, -0.2) is 4.79 Å². The quantitative estimate of drug-likeness (QED) is 0.814. The van der Waals surface area contributed by atoms with Crippen LogP contribution in [0.2, 0.25) is 10.0 Å². The van der Waals surface area contributed by atoms with Gasteiger partial charge >= 0.3 is 5.97 Å². The van der Waals surface area contributed by atoms with Crippen LogP contribution >= 0.6 is 23.2 Å². The predicted molar refractivity (Wildman–Crippen MR) is 91.2 cm³/mol. The van der Waals surface area contributed by atoms with E-state index in [1.54, 1.807) is 49.4 Å². The summed E-state index contributed by atoms with van der Waals surface area (Å²) in [6, 6.07) is 11.5. The lowest BCUT2D eigenvalue weighted by molar-refractivity contribution is -0.115. The largest absolute Gasteiger partial charge is 0.462 e. The van der Waals surface area contributed by atoms with Crippen molar-refractivity contribution in [3.05, 3.63) is 63.6 Å². The summed E-state index contributed by atoms with van der Waals surface area (Å²) >= 11 is 11.9. The molecule has 120 valence electrons. The van der Waals surface area contributed by atoms with E-state index in [9.17, 15) is 9.59 Å². The number of esters is 1. The third-order valence-electron chi connectivity index (χ3n) is 3.05. The number of nitrogens with one attached hydrogen (secondary N) is 1. The molecule has 0 heterocycles. The third-order valence-corrected chi connectivity index (χ3v) is 3.63. The standard InChI is InChI=1S/C17H15Cl2NO3/c1-2-23-17(22)11-4-7-14(8-5-11)20-16(21)9-12-3-6-13(18)10-15(12)19/h3-8,10H,2,9H2,1H3,(H,20,21). The topological polar surface area (TPSA) is 55.4 Å². The van der Waals surface area contributed by atoms with Crippen LogP contribution in [-0.2, 0) is 16.0 Å². The van der Waals surface area contributed by atoms with Crippen molar-refractivity contribution in [1.29, 1.82) is 0 Å². The number of benzene rings is 2. The summed E-state index contributed by atoms with van der Waals surface area (Å²) in [6.45, 7) is 2.06. The Morgan fingerprint density at radius 1 is 1.09 bits per heavy atom. The zero-order valence-corrected chi connectivity index (χ0v) is 13.9. The molecule has 0 radical (unpaired) electrons. The van der Waals surface area contributed by atoms with Gasteiger partial charge in [0.25, 0.3) is 0 Å². The van der Waals surface area contributed by atoms with E-state index in [2.05, 4.69) is 5.32 Å². The predicted octanol–water partition coefficient (Wildman–Crippen LogP) is 4.35. The molecule has 1 amide bonds. The maximum absolute atomic E-state index is 12.0. The van der Waals surface area contributed by atoms with Crippen LogP contribution in [-0.4, -0.2) is 18.5 Å². The molecule has 0 aliphatic carbocycles. The number of rotatable bonds is 5. The summed E-state index contributed by atoms with van der Waals surface area (Å²) in [5, 5.41) is 3.72. The highest BCUT2D eigenvalue weighted by molar-refractivity contribution is 6.35. The van der Waals surface area contributed by atoms with Crippen molar-refractivity contribution < 1.29 is 14.3 Å². The smallest absolute Gasteiger partial charge is 0.338 e. The first-order chi connectivity index (χ1) is 11.0. The van der Waals surface area contributed by atoms with Gasteiger partial charge in [-0.05, 0) is 48.9 Å². The lowest BCUT2D eigenvalue weighted by Gasteiger charge is -2.08. The number of halogens is 2. The van der Waals surface area contributed by atoms with Crippen LogP contribution in [0.4, 0.5) is 5.69 Å². The molecule has 2 aromatic carbocycles. The summed E-state index contributed by atoms with van der Waals surface area (Å²) in [5.74, 6) is -0.601. The lowest BCUT2D eigenvalue weighted by Crippen LogP contribution is -2.14. The first kappa shape index (κ1) is 17.3. The molecule has 0 aromatic heterocycles. The summed E-state index contributed by atoms with van der Waals surface area (Å²) in [7, 11) is 0. The number of amides is 1. The van der Waals surface area contributed by atoms with Crippen LogP contribution < -0.4 is 5.32 Å². The molecule has 23 heavy (non-hydrogen) atoms. The van der Waals surface area contributed by atoms with E-state index in [1.807, 2.05) is 0 Å². The fourth-order valence-corrected chi connectivity index (χ4v) is 2.42. The van der Waals surface area contributed by atoms with Gasteiger partial charge in [0.15, 0.2) is 0 Å². The van der Waals surface area contributed by atoms with E-state index in [4.69, 9.17) is 27.9 Å². The van der Waals surface area contributed by atoms with E-state index in [0.717, 1.165) is 0 Å². The van der Waals surface area contributed by atoms with E-state index in [1.165, 1.54) is 0 Å². The SMILES string of the molecule is CCOC(=O)c1ccc(NC(=O)Cc2ccc(Cl)cc2Cl)cc1. The Balaban J connectivity index is 1.98. The molecule has 0 unspecified atom stereocenters. The molecule has 0 bridgehead atoms. The molecule has 6 heteroatoms. The fraction of sp³-hybridized carbons (Fsp3) is 0.176. The van der Waals surface area contributed by atoms with Gasteiger partial charge in [0.2, 0.25) is 5.91 Å². The number of ether oxygens (including phenoxy) is 1. The van der Waals surface area contributed by atoms with Gasteiger partial charge in [-0.15, -0.1) is 0 Å². The highest BCUT2D eigenvalue weighted by Crippen LogP contribution is 2.21. The van der Waals surface area contributed by atoms with Crippen LogP contribution in [0.5, 0.6) is 0 Å². The van der Waals surface area contributed by atoms with Gasteiger partial charge in [-0.3, -0.25) is 4.79 Å². The second-order valence-corrected chi connectivity index (χ2v) is 5.60. The Hall–Kier alpha value is -2.04. The van der Waals surface area contributed by atoms with Crippen LogP contribution in [0, 0.1) is 0 Å². The van der Waals surface area contributed by atoms with Crippen molar-refractivity contribution in [1.82, 2.24) is 0 Å². The summed E-state index contributed by atoms with van der Waals surface area (Å²) < 4.78 is 4.90. The second kappa shape index (κ2) is 7.99. The Morgan fingerprint density at radius 2 is 1.78 bits per heavy atom. The van der Waals surface area contributed by atoms with Crippen molar-refractivity contribution in [2.24, 2.45) is 0 Å². The first-order valence-corrected chi connectivity index (χ1v) is 7.76. The van der Waals surface area contributed by atoms with Crippen molar-refractivity contribution in [3.8, 4) is 0 Å². The average molecular weight is 352 g/mol. The van der Waals surface area contributed by atoms with Crippen molar-refractivity contribution >= 4 is 40.8 Å². The Bertz CT molecular complexity index is 714. The van der Waals surface area contributed by atoms with Gasteiger partial charge in [-0.1, -0.05) is 29.3 Å². The van der Waals surface area contributed by atoms with Crippen molar-refractivity contribution in [2.45, 2.75) is 13.3 Å². The van der Waals surface area contributed by atoms with Gasteiger partial charge < -0.3 is 10.1 Å². The molecule has 2 aromatic rings. The summed E-state index contributed by atoms with van der Waals surface area (Å²) in [6.07, 6.45) is 0.135. The maximum Gasteiger partial charge on any atom is 0.338 e. The molecule has 0 saturated carbocycles. The molecule has 0 fully saturated rings. The molecular formula is C17H15Cl2NO3. The fourth-order valence-electron chi connectivity index (χ4n) is 1.95. The van der Waals surface area contributed by atoms with E-state index in [0.29, 0.717) is 33.5 Å². The van der Waals surface area contributed by atoms with E-state index < -0.39 is 5.97 Å². The molecule has 0 aliphatic heterocycles. The van der Waals surface area contributed by atoms with Crippen LogP contribution in [0.25, 0.3) is 0 Å². The van der Waals surface area contributed by atoms with Gasteiger partial charge in [0.05, 0.1) is 18.6 Å². The number of carbonyl (C=O) groups excluding carboxylic acids is 2. The van der Waals surface area contributed by atoms with E-state index >= 15 is 0 Å². The number of hydrogen-bond donors (Lipinski definition) is 1. The molecule has 4 nitrogen and oxygen atoms in total. The molecule has 0 saturated heterocycles. The maximum atomic E-state index is 12.0. The Morgan fingerprint density at radius 3 is 2.39 bits per heavy atom. The minimum Gasteiger partial charge on any atom is -0.462 e. The monoisotopic (exact) mass is 351 g/mol. The molecular weight excluding hydrogens is 337 g/mol. The normalized spacial score (nSPS) is 10.2. The third kappa shape index (κ3) is 4.98. The number of carbonyl (C=O) groups is 2. The second-order valence-electron chi connectivity index (χ2n) is 4.76. The van der Waals surface area contributed by atoms with Gasteiger partial charge in [0, 0.05) is 15.7 Å². The highest BCUT2D eigenvalue weighted by atomic mass is 35.5. The van der Waals surface area contributed by atoms with Crippen LogP contribution in [0.1, 0.15) is 22.8 Å². The minimum absolute atomic E-state index is 0.135. The van der Waals surface area contributed by atoms with Gasteiger partial charge in [-0.2, -0.15) is 0 Å². The minimum atomic E-state index is -0.390. The highest BCUT2D eigenvalue weighted by Gasteiger charge is 2.09. The molecule has 0 aliphatic rings. The molecule has 1 N–H and O–H groups in total. The Kier molecular flexibility index (Phi) is 6.02. The zero-order valence-electron chi connectivity index (χ0n) is 12.4. The first-order valence-electron chi connectivity index (χ1n) is 7.00. The lowest BCUT2D eigenvalue weighted by atomic mass is 10.1. The van der Waals surface area contributed by atoms with E-state index in [-0.39, 0.29) is 12.3 Å². The number of anilines is 1. The van der Waals surface area contributed by atoms with Crippen molar-refractivity contribution in [2.75, 3.05) is 11.9 Å². The van der Waals surface area contributed by atoms with Crippen LogP contribution in [0.15, 0.2) is 42.5 Å². The average Bonchev–Trinajstić information content (AvgIpc) is 2.51.